The molecule has 0 unspecified atom stereocenters. The van der Waals surface area contributed by atoms with Gasteiger partial charge in [-0.3, -0.25) is 4.79 Å². The molecule has 1 saturated heterocycles. The molecule has 8 heteroatoms. The van der Waals surface area contributed by atoms with E-state index in [1.807, 2.05) is 0 Å². The summed E-state index contributed by atoms with van der Waals surface area (Å²) in [5.41, 5.74) is -0.0275. The molecular formula is C21H29F3N2O3. The Bertz CT molecular complexity index is 654. The topological polar surface area (TPSA) is 49.9 Å². The van der Waals surface area contributed by atoms with E-state index in [1.165, 1.54) is 12.1 Å². The van der Waals surface area contributed by atoms with Gasteiger partial charge in [-0.25, -0.2) is 4.79 Å². The minimum absolute atomic E-state index is 0.0980. The van der Waals surface area contributed by atoms with Crippen molar-refractivity contribution in [3.8, 4) is 0 Å². The maximum atomic E-state index is 12.6. The van der Waals surface area contributed by atoms with Crippen LogP contribution >= 0.6 is 0 Å². The number of ether oxygens (including phenoxy) is 1. The largest absolute Gasteiger partial charge is 0.449 e. The van der Waals surface area contributed by atoms with Crippen molar-refractivity contribution >= 4 is 12.0 Å². The first-order valence-electron chi connectivity index (χ1n) is 10.2. The molecule has 0 saturated carbocycles. The Kier molecular flexibility index (Phi) is 8.79. The minimum Gasteiger partial charge on any atom is -0.449 e. The van der Waals surface area contributed by atoms with E-state index in [-0.39, 0.29) is 12.5 Å². The van der Waals surface area contributed by atoms with Gasteiger partial charge in [-0.05, 0) is 24.1 Å². The number of unbranched alkanes of at least 4 members (excludes halogenated alkanes) is 3. The lowest BCUT2D eigenvalue weighted by Crippen LogP contribution is -2.50. The first-order chi connectivity index (χ1) is 13.8. The molecule has 1 aliphatic rings. The molecule has 29 heavy (non-hydrogen) atoms. The number of hydrogen-bond acceptors (Lipinski definition) is 3. The Balaban J connectivity index is 1.66. The number of hydrogen-bond donors (Lipinski definition) is 0. The summed E-state index contributed by atoms with van der Waals surface area (Å²) in [5.74, 6) is 0.136. The maximum absolute atomic E-state index is 12.6. The third-order valence-electron chi connectivity index (χ3n) is 5.03. The summed E-state index contributed by atoms with van der Waals surface area (Å²) in [4.78, 5) is 27.7. The van der Waals surface area contributed by atoms with Crippen LogP contribution < -0.4 is 0 Å². The third kappa shape index (κ3) is 7.59. The predicted molar refractivity (Wildman–Crippen MR) is 103 cm³/mol. The highest BCUT2D eigenvalue weighted by Crippen LogP contribution is 2.29. The van der Waals surface area contributed by atoms with E-state index in [2.05, 4.69) is 6.92 Å². The Hall–Kier alpha value is -2.25. The van der Waals surface area contributed by atoms with Crippen molar-refractivity contribution in [2.24, 2.45) is 0 Å². The standard InChI is InChI=1S/C21H29F3N2O3/c1-2-3-4-5-6-19(27)25-12-14-26(15-13-25)20(28)29-16-11-17-7-9-18(10-8-17)21(22,23)24/h7-10H,2-6,11-16H2,1H3. The zero-order chi connectivity index (χ0) is 21.3. The molecule has 0 radical (unpaired) electrons. The molecule has 0 aromatic heterocycles. The van der Waals surface area contributed by atoms with Gasteiger partial charge in [0.15, 0.2) is 0 Å². The zero-order valence-electron chi connectivity index (χ0n) is 16.8. The lowest BCUT2D eigenvalue weighted by Gasteiger charge is -2.34. The monoisotopic (exact) mass is 414 g/mol. The van der Waals surface area contributed by atoms with Crippen LogP contribution in [0.25, 0.3) is 0 Å². The average Bonchev–Trinajstić information content (AvgIpc) is 2.71. The molecule has 1 aromatic carbocycles. The van der Waals surface area contributed by atoms with Crippen molar-refractivity contribution in [3.63, 3.8) is 0 Å². The minimum atomic E-state index is -4.36. The highest BCUT2D eigenvalue weighted by molar-refractivity contribution is 5.76. The van der Waals surface area contributed by atoms with Gasteiger partial charge >= 0.3 is 12.3 Å². The third-order valence-corrected chi connectivity index (χ3v) is 5.03. The van der Waals surface area contributed by atoms with Gasteiger partial charge in [0.25, 0.3) is 0 Å². The number of halogens is 3. The van der Waals surface area contributed by atoms with E-state index in [4.69, 9.17) is 4.74 Å². The first-order valence-corrected chi connectivity index (χ1v) is 10.2. The van der Waals surface area contributed by atoms with Crippen molar-refractivity contribution in [1.82, 2.24) is 9.80 Å². The molecule has 2 rings (SSSR count). The van der Waals surface area contributed by atoms with Gasteiger partial charge in [-0.15, -0.1) is 0 Å². The van der Waals surface area contributed by atoms with Crippen molar-refractivity contribution in [3.05, 3.63) is 35.4 Å². The Labute approximate surface area is 169 Å². The maximum Gasteiger partial charge on any atom is 0.416 e. The van der Waals surface area contributed by atoms with Crippen LogP contribution in [0, 0.1) is 0 Å². The molecule has 1 aromatic rings. The molecule has 5 nitrogen and oxygen atoms in total. The summed E-state index contributed by atoms with van der Waals surface area (Å²) >= 11 is 0. The highest BCUT2D eigenvalue weighted by atomic mass is 19.4. The number of carbonyl (C=O) groups excluding carboxylic acids is 2. The van der Waals surface area contributed by atoms with E-state index >= 15 is 0 Å². The summed E-state index contributed by atoms with van der Waals surface area (Å²) in [5, 5.41) is 0. The van der Waals surface area contributed by atoms with Crippen LogP contribution in [0.1, 0.15) is 50.2 Å². The van der Waals surface area contributed by atoms with Crippen molar-refractivity contribution < 1.29 is 27.5 Å². The van der Waals surface area contributed by atoms with E-state index in [0.29, 0.717) is 44.6 Å². The number of carbonyl (C=O) groups is 2. The van der Waals surface area contributed by atoms with Crippen molar-refractivity contribution in [2.45, 2.75) is 51.6 Å². The summed E-state index contributed by atoms with van der Waals surface area (Å²) < 4.78 is 42.9. The fourth-order valence-corrected chi connectivity index (χ4v) is 3.21. The molecule has 1 aliphatic heterocycles. The second-order valence-electron chi connectivity index (χ2n) is 7.24. The zero-order valence-corrected chi connectivity index (χ0v) is 16.8. The molecule has 2 amide bonds. The van der Waals surface area contributed by atoms with Crippen molar-refractivity contribution in [2.75, 3.05) is 32.8 Å². The van der Waals surface area contributed by atoms with Crippen LogP contribution in [-0.2, 0) is 22.1 Å². The second kappa shape index (κ2) is 11.1. The Morgan fingerprint density at radius 2 is 1.59 bits per heavy atom. The number of amides is 2. The number of alkyl halides is 3. The second-order valence-corrected chi connectivity index (χ2v) is 7.24. The number of piperazine rings is 1. The van der Waals surface area contributed by atoms with Crippen LogP contribution in [0.4, 0.5) is 18.0 Å². The molecule has 0 spiro atoms. The SMILES string of the molecule is CCCCCCC(=O)N1CCN(C(=O)OCCc2ccc(C(F)(F)F)cc2)CC1. The van der Waals surface area contributed by atoms with Gasteiger partial charge < -0.3 is 14.5 Å². The number of rotatable bonds is 8. The number of benzene rings is 1. The van der Waals surface area contributed by atoms with Gasteiger partial charge in [0.2, 0.25) is 5.91 Å². The molecule has 0 atom stereocenters. The average molecular weight is 414 g/mol. The Morgan fingerprint density at radius 1 is 0.966 bits per heavy atom. The summed E-state index contributed by atoms with van der Waals surface area (Å²) in [6.07, 6.45) is 0.327. The molecule has 162 valence electrons. The lowest BCUT2D eigenvalue weighted by molar-refractivity contribution is -0.137. The predicted octanol–water partition coefficient (Wildman–Crippen LogP) is 4.50. The van der Waals surface area contributed by atoms with Crippen LogP contribution in [0.2, 0.25) is 0 Å². The summed E-state index contributed by atoms with van der Waals surface area (Å²) in [6.45, 7) is 4.09. The van der Waals surface area contributed by atoms with E-state index < -0.39 is 17.8 Å². The quantitative estimate of drug-likeness (QED) is 0.589. The summed E-state index contributed by atoms with van der Waals surface area (Å²) in [6, 6.07) is 4.83. The van der Waals surface area contributed by atoms with Crippen LogP contribution in [0.3, 0.4) is 0 Å². The lowest BCUT2D eigenvalue weighted by atomic mass is 10.1. The number of nitrogens with zero attached hydrogens (tertiary/aromatic N) is 2. The van der Waals surface area contributed by atoms with Gasteiger partial charge in [-0.2, -0.15) is 13.2 Å². The van der Waals surface area contributed by atoms with Crippen LogP contribution in [0.5, 0.6) is 0 Å². The van der Waals surface area contributed by atoms with Gasteiger partial charge in [0.1, 0.15) is 0 Å². The molecule has 0 bridgehead atoms. The van der Waals surface area contributed by atoms with Gasteiger partial charge in [0, 0.05) is 39.0 Å². The fourth-order valence-electron chi connectivity index (χ4n) is 3.21. The molecule has 1 fully saturated rings. The highest BCUT2D eigenvalue weighted by Gasteiger charge is 2.30. The Morgan fingerprint density at radius 3 is 2.17 bits per heavy atom. The smallest absolute Gasteiger partial charge is 0.416 e. The van der Waals surface area contributed by atoms with Crippen LogP contribution in [0.15, 0.2) is 24.3 Å². The van der Waals surface area contributed by atoms with Crippen LogP contribution in [-0.4, -0.2) is 54.6 Å². The van der Waals surface area contributed by atoms with E-state index in [1.54, 1.807) is 9.80 Å². The van der Waals surface area contributed by atoms with E-state index in [0.717, 1.165) is 37.8 Å². The van der Waals surface area contributed by atoms with Gasteiger partial charge in [-0.1, -0.05) is 38.3 Å². The molecule has 1 heterocycles. The normalized spacial score (nSPS) is 14.8. The first kappa shape index (κ1) is 23.0. The fraction of sp³-hybridized carbons (Fsp3) is 0.619. The van der Waals surface area contributed by atoms with Crippen molar-refractivity contribution in [1.29, 1.82) is 0 Å². The van der Waals surface area contributed by atoms with E-state index in [9.17, 15) is 22.8 Å². The molecule has 0 aliphatic carbocycles. The summed E-state index contributed by atoms with van der Waals surface area (Å²) in [7, 11) is 0. The molecular weight excluding hydrogens is 385 g/mol. The van der Waals surface area contributed by atoms with Gasteiger partial charge in [0.05, 0.1) is 12.2 Å². The molecule has 0 N–H and O–H groups in total.